The average Bonchev–Trinajstić information content (AvgIpc) is 2.77. The summed E-state index contributed by atoms with van der Waals surface area (Å²) in [5.41, 5.74) is 7.05. The Morgan fingerprint density at radius 2 is 1.45 bits per heavy atom. The third kappa shape index (κ3) is 4.52. The van der Waals surface area contributed by atoms with E-state index in [-0.39, 0.29) is 30.6 Å². The molecule has 0 aliphatic heterocycles. The number of methoxy groups -OCH3 is 1. The van der Waals surface area contributed by atoms with Crippen LogP contribution in [0.5, 0.6) is 5.75 Å². The molecule has 31 heavy (non-hydrogen) atoms. The maximum Gasteiger partial charge on any atom is 0.239 e. The number of anilines is 2. The van der Waals surface area contributed by atoms with Gasteiger partial charge in [-0.25, -0.2) is 4.98 Å². The molecule has 0 saturated heterocycles. The summed E-state index contributed by atoms with van der Waals surface area (Å²) < 4.78 is 7.59. The summed E-state index contributed by atoms with van der Waals surface area (Å²) in [5.74, 6) is 0.819. The molecule has 0 atom stereocenters. The van der Waals surface area contributed by atoms with Gasteiger partial charge in [0.05, 0.1) is 13.7 Å². The van der Waals surface area contributed by atoms with Crippen LogP contribution in [0.25, 0.3) is 27.8 Å². The van der Waals surface area contributed by atoms with Crippen molar-refractivity contribution < 1.29 is 38.4 Å². The van der Waals surface area contributed by atoms with Crippen LogP contribution in [0.3, 0.4) is 0 Å². The molecule has 1 N–H and O–H groups in total. The predicted octanol–water partition coefficient (Wildman–Crippen LogP) is 0.172. The van der Waals surface area contributed by atoms with Crippen LogP contribution < -0.4 is 43.1 Å². The van der Waals surface area contributed by atoms with Crippen LogP contribution in [0.2, 0.25) is 0 Å². The predicted molar refractivity (Wildman–Crippen MR) is 122 cm³/mol. The molecular weight excluding hydrogens is 503 g/mol. The second-order valence-electron chi connectivity index (χ2n) is 7.53. The van der Waals surface area contributed by atoms with Crippen molar-refractivity contribution in [2.24, 2.45) is 0 Å². The van der Waals surface area contributed by atoms with E-state index >= 15 is 0 Å². The minimum atomic E-state index is 0. The smallest absolute Gasteiger partial charge is 0.239 e. The Hall–Kier alpha value is -2.65. The molecule has 0 aliphatic carbocycles. The highest BCUT2D eigenvalue weighted by molar-refractivity contribution is 5.86. The minimum absolute atomic E-state index is 0. The fourth-order valence-corrected chi connectivity index (χ4v) is 3.63. The lowest BCUT2D eigenvalue weighted by atomic mass is 10.1. The first-order chi connectivity index (χ1) is 14.5. The van der Waals surface area contributed by atoms with Crippen LogP contribution in [0.4, 0.5) is 11.4 Å². The zero-order chi connectivity index (χ0) is 21.3. The van der Waals surface area contributed by atoms with Gasteiger partial charge in [-0.1, -0.05) is 0 Å². The van der Waals surface area contributed by atoms with Gasteiger partial charge in [-0.3, -0.25) is 0 Å². The molecule has 0 aliphatic rings. The molecule has 0 unspecified atom stereocenters. The number of aliphatic hydroxyl groups is 1. The zero-order valence-electron chi connectivity index (χ0n) is 18.2. The van der Waals surface area contributed by atoms with E-state index < -0.39 is 0 Å². The number of rotatable bonds is 6. The summed E-state index contributed by atoms with van der Waals surface area (Å²) in [5, 5.41) is 9.34. The van der Waals surface area contributed by atoms with Crippen molar-refractivity contribution in [3.63, 3.8) is 0 Å². The second kappa shape index (κ2) is 9.65. The topological polar surface area (TPSA) is 52.7 Å². The van der Waals surface area contributed by atoms with Gasteiger partial charge in [-0.05, 0) is 36.4 Å². The van der Waals surface area contributed by atoms with Gasteiger partial charge in [0.15, 0.2) is 0 Å². The molecule has 0 radical (unpaired) electrons. The van der Waals surface area contributed by atoms with Gasteiger partial charge >= 0.3 is 0 Å². The molecular formula is C24H27IN4O2. The van der Waals surface area contributed by atoms with Crippen LogP contribution in [0.1, 0.15) is 0 Å². The normalized spacial score (nSPS) is 10.7. The molecule has 7 heteroatoms. The van der Waals surface area contributed by atoms with Crippen LogP contribution >= 0.6 is 0 Å². The molecule has 4 aromatic rings. The van der Waals surface area contributed by atoms with Crippen LogP contribution in [0, 0.1) is 0 Å². The Bertz CT molecular complexity index is 1200. The van der Waals surface area contributed by atoms with Crippen molar-refractivity contribution in [2.75, 3.05) is 51.2 Å². The fraction of sp³-hybridized carbons (Fsp3) is 0.250. The molecule has 0 amide bonds. The Labute approximate surface area is 199 Å². The minimum Gasteiger partial charge on any atom is -1.00 e. The Morgan fingerprint density at radius 1 is 0.871 bits per heavy atom. The molecule has 0 fully saturated rings. The Balaban J connectivity index is 0.00000272. The summed E-state index contributed by atoms with van der Waals surface area (Å²) in [6.07, 6.45) is 0. The van der Waals surface area contributed by atoms with Crippen molar-refractivity contribution in [3.8, 4) is 11.4 Å². The number of halogens is 1. The van der Waals surface area contributed by atoms with E-state index in [1.807, 2.05) is 50.3 Å². The lowest BCUT2D eigenvalue weighted by Gasteiger charge is -2.18. The number of likely N-dealkylation sites (N-methyl/N-ethyl adjacent to an activating group) is 1. The molecule has 1 aromatic heterocycles. The number of nitrogens with zero attached hydrogens (tertiary/aromatic N) is 4. The molecule has 0 spiro atoms. The number of fused-ring (bicyclic) bond motifs is 2. The van der Waals surface area contributed by atoms with Gasteiger partial charge < -0.3 is 43.6 Å². The van der Waals surface area contributed by atoms with Crippen LogP contribution in [0.15, 0.2) is 60.7 Å². The quantitative estimate of drug-likeness (QED) is 0.219. The van der Waals surface area contributed by atoms with Gasteiger partial charge in [0.2, 0.25) is 16.7 Å². The first kappa shape index (κ1) is 23.0. The van der Waals surface area contributed by atoms with Crippen molar-refractivity contribution >= 4 is 33.4 Å². The van der Waals surface area contributed by atoms with E-state index in [1.54, 1.807) is 7.11 Å². The number of hydrogen-bond acceptors (Lipinski definition) is 5. The average molecular weight is 530 g/mol. The number of benzene rings is 3. The Kier molecular flexibility index (Phi) is 7.17. The molecule has 4 rings (SSSR count). The first-order valence-electron chi connectivity index (χ1n) is 9.95. The van der Waals surface area contributed by atoms with Gasteiger partial charge in [-0.15, -0.1) is 4.57 Å². The monoisotopic (exact) mass is 530 g/mol. The fourth-order valence-electron chi connectivity index (χ4n) is 3.63. The van der Waals surface area contributed by atoms with Gasteiger partial charge in [0.1, 0.15) is 16.8 Å². The number of aromatic nitrogens is 2. The SMILES string of the molecule is COc1ccc(-[n+]2c3cc(N(C)C)ccc3nc3ccc(N(C)CCO)cc32)cc1.[I-]. The Morgan fingerprint density at radius 3 is 2.00 bits per heavy atom. The van der Waals surface area contributed by atoms with E-state index in [1.165, 1.54) is 0 Å². The molecule has 3 aromatic carbocycles. The third-order valence-electron chi connectivity index (χ3n) is 5.36. The first-order valence-corrected chi connectivity index (χ1v) is 9.95. The van der Waals surface area contributed by atoms with E-state index in [4.69, 9.17) is 9.72 Å². The lowest BCUT2D eigenvalue weighted by molar-refractivity contribution is -0.538. The lowest BCUT2D eigenvalue weighted by Crippen LogP contribution is -3.00. The van der Waals surface area contributed by atoms with E-state index in [0.29, 0.717) is 6.54 Å². The summed E-state index contributed by atoms with van der Waals surface area (Å²) >= 11 is 0. The van der Waals surface area contributed by atoms with Crippen molar-refractivity contribution in [1.82, 2.24) is 4.98 Å². The zero-order valence-corrected chi connectivity index (χ0v) is 20.4. The van der Waals surface area contributed by atoms with E-state index in [0.717, 1.165) is 44.9 Å². The van der Waals surface area contributed by atoms with E-state index in [9.17, 15) is 5.11 Å². The van der Waals surface area contributed by atoms with Crippen molar-refractivity contribution in [3.05, 3.63) is 60.7 Å². The highest BCUT2D eigenvalue weighted by atomic mass is 127. The number of ether oxygens (including phenoxy) is 1. The summed E-state index contributed by atoms with van der Waals surface area (Å²) in [6, 6.07) is 20.6. The van der Waals surface area contributed by atoms with Crippen molar-refractivity contribution in [1.29, 1.82) is 0 Å². The van der Waals surface area contributed by atoms with Crippen LogP contribution in [-0.4, -0.2) is 51.5 Å². The summed E-state index contributed by atoms with van der Waals surface area (Å²) in [6.45, 7) is 0.676. The molecule has 0 saturated carbocycles. The molecule has 1 heterocycles. The van der Waals surface area contributed by atoms with E-state index in [2.05, 4.69) is 45.9 Å². The highest BCUT2D eigenvalue weighted by Gasteiger charge is 2.21. The largest absolute Gasteiger partial charge is 1.00 e. The van der Waals surface area contributed by atoms with Crippen LogP contribution in [-0.2, 0) is 0 Å². The maximum absolute atomic E-state index is 9.34. The van der Waals surface area contributed by atoms with Gasteiger partial charge in [0, 0.05) is 63.3 Å². The summed E-state index contributed by atoms with van der Waals surface area (Å²) in [4.78, 5) is 9.04. The third-order valence-corrected chi connectivity index (χ3v) is 5.36. The second-order valence-corrected chi connectivity index (χ2v) is 7.53. The standard InChI is InChI=1S/C24H27N4O2.HI/c1-26(2)18-7-11-21-23(15-18)28(17-5-9-20(30-4)10-6-17)24-16-19(27(3)13-14-29)8-12-22(24)25-21;/h5-12,15-16,29H,13-14H2,1-4H3;1H/q+1;/p-1. The summed E-state index contributed by atoms with van der Waals surface area (Å²) in [7, 11) is 7.73. The van der Waals surface area contributed by atoms with Gasteiger partial charge in [-0.2, -0.15) is 0 Å². The molecule has 6 nitrogen and oxygen atoms in total. The van der Waals surface area contributed by atoms with Gasteiger partial charge in [0.25, 0.3) is 0 Å². The number of aliphatic hydroxyl groups excluding tert-OH is 1. The molecule has 162 valence electrons. The number of hydrogen-bond donors (Lipinski definition) is 1. The maximum atomic E-state index is 9.34. The highest BCUT2D eigenvalue weighted by Crippen LogP contribution is 2.25. The molecule has 0 bridgehead atoms. The van der Waals surface area contributed by atoms with Crippen molar-refractivity contribution in [2.45, 2.75) is 0 Å².